The van der Waals surface area contributed by atoms with Crippen LogP contribution in [0.2, 0.25) is 0 Å². The summed E-state index contributed by atoms with van der Waals surface area (Å²) in [5, 5.41) is 4.04. The molecule has 290 valence electrons. The summed E-state index contributed by atoms with van der Waals surface area (Å²) in [5.41, 5.74) is 9.86. The van der Waals surface area contributed by atoms with Crippen molar-refractivity contribution in [2.45, 2.75) is 0 Å². The Morgan fingerprint density at radius 1 is 0.339 bits per heavy atom. The van der Waals surface area contributed by atoms with Gasteiger partial charge < -0.3 is 4.42 Å². The van der Waals surface area contributed by atoms with Gasteiger partial charge in [0.2, 0.25) is 5.95 Å². The van der Waals surface area contributed by atoms with Crippen LogP contribution in [-0.2, 0) is 0 Å². The van der Waals surface area contributed by atoms with E-state index in [0.717, 1.165) is 82.7 Å². The fourth-order valence-corrected chi connectivity index (χ4v) is 8.42. The summed E-state index contributed by atoms with van der Waals surface area (Å²) in [6.45, 7) is 0. The lowest BCUT2D eigenvalue weighted by Gasteiger charge is -2.14. The maximum absolute atomic E-state index is 6.81. The minimum absolute atomic E-state index is 0.495. The molecule has 8 heteroatoms. The molecule has 0 fully saturated rings. The van der Waals surface area contributed by atoms with Crippen LogP contribution >= 0.6 is 0 Å². The third kappa shape index (κ3) is 6.00. The van der Waals surface area contributed by atoms with Gasteiger partial charge in [-0.1, -0.05) is 176 Å². The first-order chi connectivity index (χ1) is 30.7. The standard InChI is InChI=1S/C54H33N7O/c1-5-18-34(19-6-1)49-55-50(35-20-7-2-8-21-35)57-53(56-49)39-27-17-26-38(32-39)42-33-43-40-28-14-16-31-45(40)62-48(43)46-41-29-13-15-30-44(41)61(47(42)46)54-59-51(36-22-9-3-10-23-36)58-52(60-54)37-24-11-4-12-25-37/h1-33H. The van der Waals surface area contributed by atoms with Gasteiger partial charge in [0.25, 0.3) is 0 Å². The molecule has 4 heterocycles. The summed E-state index contributed by atoms with van der Waals surface area (Å²) in [7, 11) is 0. The second-order valence-corrected chi connectivity index (χ2v) is 15.1. The van der Waals surface area contributed by atoms with Gasteiger partial charge in [-0.15, -0.1) is 0 Å². The molecule has 4 aromatic heterocycles. The number of para-hydroxylation sites is 2. The zero-order chi connectivity index (χ0) is 41.0. The maximum atomic E-state index is 6.81. The Labute approximate surface area is 355 Å². The number of fused-ring (bicyclic) bond motifs is 7. The van der Waals surface area contributed by atoms with E-state index in [1.54, 1.807) is 0 Å². The van der Waals surface area contributed by atoms with Gasteiger partial charge in [-0.2, -0.15) is 9.97 Å². The molecule has 0 aliphatic heterocycles. The predicted octanol–water partition coefficient (Wildman–Crippen LogP) is 13.1. The Bertz CT molecular complexity index is 3510. The van der Waals surface area contributed by atoms with Crippen molar-refractivity contribution in [3.63, 3.8) is 0 Å². The number of rotatable bonds is 7. The molecule has 0 saturated heterocycles. The first kappa shape index (κ1) is 35.3. The Balaban J connectivity index is 1.16. The predicted molar refractivity (Wildman–Crippen MR) is 247 cm³/mol. The zero-order valence-electron chi connectivity index (χ0n) is 33.1. The Kier molecular flexibility index (Phi) is 8.31. The Morgan fingerprint density at radius 3 is 1.34 bits per heavy atom. The van der Waals surface area contributed by atoms with Gasteiger partial charge in [0.05, 0.1) is 16.4 Å². The zero-order valence-corrected chi connectivity index (χ0v) is 33.1. The van der Waals surface area contributed by atoms with E-state index in [1.807, 2.05) is 133 Å². The van der Waals surface area contributed by atoms with E-state index in [9.17, 15) is 0 Å². The molecule has 62 heavy (non-hydrogen) atoms. The highest BCUT2D eigenvalue weighted by atomic mass is 16.3. The second kappa shape index (κ2) is 14.6. The summed E-state index contributed by atoms with van der Waals surface area (Å²) in [5.74, 6) is 3.43. The molecule has 0 aliphatic rings. The normalized spacial score (nSPS) is 11.5. The third-order valence-corrected chi connectivity index (χ3v) is 11.3. The van der Waals surface area contributed by atoms with Gasteiger partial charge in [0.1, 0.15) is 11.2 Å². The van der Waals surface area contributed by atoms with Crippen LogP contribution in [0.1, 0.15) is 0 Å². The van der Waals surface area contributed by atoms with Crippen LogP contribution in [0.5, 0.6) is 0 Å². The SMILES string of the molecule is c1ccc(-c2nc(-c3ccccc3)nc(-c3cccc(-c4cc5c6ccccc6oc5c5c6ccccc6n(-c6nc(-c7ccccc7)nc(-c7ccccc7)n6)c45)c3)n2)cc1. The minimum Gasteiger partial charge on any atom is -0.455 e. The van der Waals surface area contributed by atoms with Gasteiger partial charge in [0, 0.05) is 49.5 Å². The maximum Gasteiger partial charge on any atom is 0.238 e. The Morgan fingerprint density at radius 2 is 0.774 bits per heavy atom. The average molecular weight is 796 g/mol. The van der Waals surface area contributed by atoms with Crippen molar-refractivity contribution in [2.75, 3.05) is 0 Å². The quantitative estimate of drug-likeness (QED) is 0.158. The van der Waals surface area contributed by atoms with Crippen LogP contribution in [-0.4, -0.2) is 34.5 Å². The van der Waals surface area contributed by atoms with Crippen LogP contribution in [0.3, 0.4) is 0 Å². The van der Waals surface area contributed by atoms with Crippen molar-refractivity contribution < 1.29 is 4.42 Å². The molecule has 0 aliphatic carbocycles. The molecular weight excluding hydrogens is 763 g/mol. The van der Waals surface area contributed by atoms with E-state index < -0.39 is 0 Å². The van der Waals surface area contributed by atoms with Crippen molar-refractivity contribution in [1.29, 1.82) is 0 Å². The molecule has 8 nitrogen and oxygen atoms in total. The molecule has 0 unspecified atom stereocenters. The molecule has 12 rings (SSSR count). The van der Waals surface area contributed by atoms with Crippen molar-refractivity contribution >= 4 is 43.7 Å². The summed E-state index contributed by atoms with van der Waals surface area (Å²) in [6, 6.07) is 67.5. The molecule has 0 N–H and O–H groups in total. The monoisotopic (exact) mass is 795 g/mol. The van der Waals surface area contributed by atoms with Gasteiger partial charge >= 0.3 is 0 Å². The van der Waals surface area contributed by atoms with E-state index in [2.05, 4.69) is 71.3 Å². The lowest BCUT2D eigenvalue weighted by molar-refractivity contribution is 0.673. The number of nitrogens with zero attached hydrogens (tertiary/aromatic N) is 7. The third-order valence-electron chi connectivity index (χ3n) is 11.3. The summed E-state index contributed by atoms with van der Waals surface area (Å²) >= 11 is 0. The van der Waals surface area contributed by atoms with E-state index in [1.165, 1.54) is 0 Å². The highest BCUT2D eigenvalue weighted by Crippen LogP contribution is 2.45. The van der Waals surface area contributed by atoms with Crippen LogP contribution in [0.25, 0.3) is 118 Å². The largest absolute Gasteiger partial charge is 0.455 e. The molecule has 8 aromatic carbocycles. The molecule has 0 spiro atoms. The molecule has 0 saturated carbocycles. The van der Waals surface area contributed by atoms with E-state index in [0.29, 0.717) is 35.1 Å². The van der Waals surface area contributed by atoms with Gasteiger partial charge in [0.15, 0.2) is 29.1 Å². The summed E-state index contributed by atoms with van der Waals surface area (Å²) in [6.07, 6.45) is 0. The molecule has 0 amide bonds. The van der Waals surface area contributed by atoms with Crippen LogP contribution in [0, 0.1) is 0 Å². The highest BCUT2D eigenvalue weighted by Gasteiger charge is 2.25. The van der Waals surface area contributed by atoms with E-state index in [4.69, 9.17) is 34.3 Å². The van der Waals surface area contributed by atoms with Gasteiger partial charge in [-0.3, -0.25) is 4.57 Å². The van der Waals surface area contributed by atoms with Crippen LogP contribution < -0.4 is 0 Å². The topological polar surface area (TPSA) is 95.4 Å². The van der Waals surface area contributed by atoms with E-state index in [-0.39, 0.29) is 0 Å². The van der Waals surface area contributed by atoms with Gasteiger partial charge in [-0.05, 0) is 29.8 Å². The van der Waals surface area contributed by atoms with Crippen molar-refractivity contribution in [3.8, 4) is 74.0 Å². The molecule has 0 atom stereocenters. The number of hydrogen-bond donors (Lipinski definition) is 0. The molecule has 12 aromatic rings. The smallest absolute Gasteiger partial charge is 0.238 e. The minimum atomic E-state index is 0.495. The first-order valence-electron chi connectivity index (χ1n) is 20.5. The number of furan rings is 1. The van der Waals surface area contributed by atoms with Crippen molar-refractivity contribution in [2.24, 2.45) is 0 Å². The fraction of sp³-hybridized carbons (Fsp3) is 0. The second-order valence-electron chi connectivity index (χ2n) is 15.1. The van der Waals surface area contributed by atoms with E-state index >= 15 is 0 Å². The number of benzene rings is 8. The molecule has 0 radical (unpaired) electrons. The Hall–Kier alpha value is -8.62. The molecule has 0 bridgehead atoms. The average Bonchev–Trinajstić information content (AvgIpc) is 3.91. The van der Waals surface area contributed by atoms with Gasteiger partial charge in [-0.25, -0.2) is 19.9 Å². The van der Waals surface area contributed by atoms with Crippen molar-refractivity contribution in [1.82, 2.24) is 34.5 Å². The lowest BCUT2D eigenvalue weighted by Crippen LogP contribution is -2.07. The van der Waals surface area contributed by atoms with Crippen LogP contribution in [0.4, 0.5) is 0 Å². The lowest BCUT2D eigenvalue weighted by atomic mass is 9.97. The number of aromatic nitrogens is 7. The first-order valence-corrected chi connectivity index (χ1v) is 20.5. The highest BCUT2D eigenvalue weighted by molar-refractivity contribution is 6.27. The molecular formula is C54H33N7O. The van der Waals surface area contributed by atoms with Crippen molar-refractivity contribution in [3.05, 3.63) is 200 Å². The number of hydrogen-bond acceptors (Lipinski definition) is 7. The summed E-state index contributed by atoms with van der Waals surface area (Å²) in [4.78, 5) is 30.7. The van der Waals surface area contributed by atoms with Crippen LogP contribution in [0.15, 0.2) is 205 Å². The fourth-order valence-electron chi connectivity index (χ4n) is 8.42. The summed E-state index contributed by atoms with van der Waals surface area (Å²) < 4.78 is 8.98.